The molecule has 19 heteroatoms. The van der Waals surface area contributed by atoms with Crippen molar-refractivity contribution in [3.8, 4) is 57.5 Å². The first-order valence-electron chi connectivity index (χ1n) is 22.7. The van der Waals surface area contributed by atoms with Gasteiger partial charge in [0.05, 0.1) is 40.5 Å². The van der Waals surface area contributed by atoms with Crippen LogP contribution in [0.1, 0.15) is 89.5 Å². The van der Waals surface area contributed by atoms with E-state index in [2.05, 4.69) is 9.80 Å². The van der Waals surface area contributed by atoms with Gasteiger partial charge >= 0.3 is 11.9 Å². The van der Waals surface area contributed by atoms with Crippen molar-refractivity contribution in [1.82, 2.24) is 9.80 Å². The number of aromatic hydroxyl groups is 1. The van der Waals surface area contributed by atoms with E-state index < -0.39 is 24.1 Å². The number of rotatable bonds is 10. The van der Waals surface area contributed by atoms with Gasteiger partial charge in [0, 0.05) is 41.2 Å². The molecule has 1 N–H and O–H groups in total. The van der Waals surface area contributed by atoms with E-state index >= 15 is 0 Å². The molecular formula is C52H51ClN2O14S2. The lowest BCUT2D eigenvalue weighted by atomic mass is 9.85. The quantitative estimate of drug-likeness (QED) is 0.102. The fourth-order valence-electron chi connectivity index (χ4n) is 10.1. The maximum atomic E-state index is 13.3. The van der Waals surface area contributed by atoms with Crippen molar-refractivity contribution in [2.45, 2.75) is 49.6 Å². The fraction of sp³-hybridized carbons (Fsp3) is 0.346. The minimum atomic E-state index is -0.604. The number of benzene rings is 4. The molecule has 8 heterocycles. The van der Waals surface area contributed by atoms with E-state index in [4.69, 9.17) is 63.7 Å². The standard InChI is InChI=1S/C26H25NO7S.C21H21NO7.C5H5ClS/c1-27-8-6-15-10-18-24(33-13-32-18)25(30-3)19(15)21(27)22-16-4-5-17(29-2)23(20(16)26(28)34-22)31-11-14-7-9-35-12-14;1-22-7-6-10-8-13-19(28-9-27-13)20(26-3)14(10)16(22)18-11-4-5-12(25-2)17(23)15(11)21(24)29-18;6-3-5-1-2-7-4-5/h4-5,7,9-10,12,21-22H,6,8,11,13H2,1-3H3;4-5,8,16,18,23H,6-7,9H2,1-3H3;1-2,4H,3H2/t21-,22+;16-,18+;/m11./s1. The summed E-state index contributed by atoms with van der Waals surface area (Å²) in [5.41, 5.74) is 8.21. The molecule has 0 amide bonds. The van der Waals surface area contributed by atoms with Crippen LogP contribution in [-0.4, -0.2) is 96.1 Å². The third-order valence-corrected chi connectivity index (χ3v) is 15.2. The Morgan fingerprint density at radius 1 is 0.648 bits per heavy atom. The van der Waals surface area contributed by atoms with Gasteiger partial charge in [-0.3, -0.25) is 9.80 Å². The molecule has 0 aliphatic carbocycles. The van der Waals surface area contributed by atoms with E-state index in [0.717, 1.165) is 59.3 Å². The van der Waals surface area contributed by atoms with E-state index in [-0.39, 0.29) is 42.7 Å². The van der Waals surface area contributed by atoms with Crippen LogP contribution in [0, 0.1) is 0 Å². The zero-order valence-electron chi connectivity index (χ0n) is 39.7. The SMILES string of the molecule is COc1ccc2c(c1O)C(=O)O[C@@H]2[C@H]1c2c(cc3c(c2OC)OCO3)CCN1C.COc1ccc2c(c1OCc1ccsc1)C(=O)O[C@@H]2[C@H]1c2c(cc3c(c2OC)OCO3)CCN1C.ClCc1ccsc1. The number of alkyl halides is 1. The summed E-state index contributed by atoms with van der Waals surface area (Å²) < 4.78 is 62.8. The summed E-state index contributed by atoms with van der Waals surface area (Å²) in [6, 6.07) is 14.6. The van der Waals surface area contributed by atoms with Crippen molar-refractivity contribution in [2.24, 2.45) is 0 Å². The molecule has 6 aliphatic heterocycles. The topological polar surface area (TPSA) is 162 Å². The number of fused-ring (bicyclic) bond motifs is 6. The summed E-state index contributed by atoms with van der Waals surface area (Å²) in [5, 5.41) is 18.6. The van der Waals surface area contributed by atoms with Gasteiger partial charge in [0.1, 0.15) is 29.9 Å². The molecule has 0 radical (unpaired) electrons. The number of carbonyl (C=O) groups excluding carboxylic acids is 2. The van der Waals surface area contributed by atoms with Gasteiger partial charge in [-0.15, -0.1) is 11.6 Å². The first-order chi connectivity index (χ1) is 34.6. The zero-order valence-corrected chi connectivity index (χ0v) is 42.1. The number of likely N-dealkylation sites (N-methyl/N-ethyl adjacent to an activating group) is 2. The third kappa shape index (κ3) is 8.64. The highest BCUT2D eigenvalue weighted by Gasteiger charge is 2.48. The van der Waals surface area contributed by atoms with Crippen molar-refractivity contribution < 1.29 is 66.8 Å². The van der Waals surface area contributed by atoms with Crippen LogP contribution < -0.4 is 42.6 Å². The fourth-order valence-corrected chi connectivity index (χ4v) is 11.7. The maximum absolute atomic E-state index is 13.3. The second-order valence-corrected chi connectivity index (χ2v) is 19.1. The van der Waals surface area contributed by atoms with Crippen LogP contribution in [0.25, 0.3) is 0 Å². The number of cyclic esters (lactones) is 2. The summed E-state index contributed by atoms with van der Waals surface area (Å²) in [5.74, 6) is 4.29. The van der Waals surface area contributed by atoms with Crippen molar-refractivity contribution >= 4 is 46.2 Å². The van der Waals surface area contributed by atoms with E-state index in [0.29, 0.717) is 69.6 Å². The lowest BCUT2D eigenvalue weighted by Gasteiger charge is -2.38. The van der Waals surface area contributed by atoms with E-state index in [9.17, 15) is 14.7 Å². The molecule has 0 saturated carbocycles. The van der Waals surface area contributed by atoms with Crippen LogP contribution in [0.3, 0.4) is 0 Å². The Labute approximate surface area is 422 Å². The van der Waals surface area contributed by atoms with Crippen LogP contribution in [0.15, 0.2) is 70.1 Å². The second-order valence-electron chi connectivity index (χ2n) is 17.3. The number of nitrogens with zero attached hydrogens (tertiary/aromatic N) is 2. The number of methoxy groups -OCH3 is 4. The highest BCUT2D eigenvalue weighted by atomic mass is 35.5. The van der Waals surface area contributed by atoms with Crippen LogP contribution in [0.4, 0.5) is 0 Å². The zero-order chi connectivity index (χ0) is 49.5. The van der Waals surface area contributed by atoms with Crippen molar-refractivity contribution in [3.05, 3.63) is 126 Å². The second kappa shape index (κ2) is 20.3. The van der Waals surface area contributed by atoms with Gasteiger partial charge in [0.25, 0.3) is 0 Å². The predicted octanol–water partition coefficient (Wildman–Crippen LogP) is 9.58. The van der Waals surface area contributed by atoms with Gasteiger partial charge in [-0.05, 0) is 107 Å². The number of carbonyl (C=O) groups is 2. The average molecular weight is 1030 g/mol. The average Bonchev–Trinajstić information content (AvgIpc) is 4.26. The number of hydrogen-bond donors (Lipinski definition) is 1. The maximum Gasteiger partial charge on any atom is 0.343 e. The van der Waals surface area contributed by atoms with Crippen LogP contribution in [-0.2, 0) is 34.8 Å². The minimum Gasteiger partial charge on any atom is -0.504 e. The molecule has 16 nitrogen and oxygen atoms in total. The Kier molecular flexibility index (Phi) is 13.7. The summed E-state index contributed by atoms with van der Waals surface area (Å²) in [4.78, 5) is 30.2. The number of esters is 2. The summed E-state index contributed by atoms with van der Waals surface area (Å²) in [7, 11) is 10.2. The number of halogens is 1. The van der Waals surface area contributed by atoms with Gasteiger partial charge in [-0.25, -0.2) is 9.59 Å². The number of hydrogen-bond acceptors (Lipinski definition) is 18. The molecule has 2 aromatic heterocycles. The third-order valence-electron chi connectivity index (χ3n) is 13.4. The Balaban J connectivity index is 0.000000146. The molecule has 6 aliphatic rings. The van der Waals surface area contributed by atoms with Crippen molar-refractivity contribution in [2.75, 3.05) is 69.2 Å². The van der Waals surface area contributed by atoms with Gasteiger partial charge in [0.2, 0.25) is 25.1 Å². The summed E-state index contributed by atoms with van der Waals surface area (Å²) in [6.45, 7) is 2.19. The Morgan fingerprint density at radius 3 is 1.63 bits per heavy atom. The minimum absolute atomic E-state index is 0.143. The molecule has 0 fully saturated rings. The van der Waals surface area contributed by atoms with E-state index in [1.165, 1.54) is 12.7 Å². The molecule has 6 aromatic rings. The highest BCUT2D eigenvalue weighted by molar-refractivity contribution is 7.08. The van der Waals surface area contributed by atoms with Crippen LogP contribution in [0.2, 0.25) is 0 Å². The van der Waals surface area contributed by atoms with Gasteiger partial charge in [-0.2, -0.15) is 22.7 Å². The van der Waals surface area contributed by atoms with Crippen molar-refractivity contribution in [1.29, 1.82) is 0 Å². The summed E-state index contributed by atoms with van der Waals surface area (Å²) >= 11 is 8.75. The number of phenolic OH excluding ortho intramolecular Hbond substituents is 1. The molecular weight excluding hydrogens is 976 g/mol. The predicted molar refractivity (Wildman–Crippen MR) is 263 cm³/mol. The molecule has 372 valence electrons. The molecule has 0 saturated heterocycles. The van der Waals surface area contributed by atoms with Crippen LogP contribution in [0.5, 0.6) is 57.5 Å². The summed E-state index contributed by atoms with van der Waals surface area (Å²) in [6.07, 6.45) is 0.467. The monoisotopic (exact) mass is 1030 g/mol. The molecule has 0 unspecified atom stereocenters. The van der Waals surface area contributed by atoms with E-state index in [1.54, 1.807) is 56.1 Å². The van der Waals surface area contributed by atoms with Crippen LogP contribution >= 0.6 is 34.3 Å². The first-order valence-corrected chi connectivity index (χ1v) is 25.1. The van der Waals surface area contributed by atoms with Gasteiger partial charge in [0.15, 0.2) is 46.0 Å². The van der Waals surface area contributed by atoms with E-state index in [1.807, 2.05) is 72.0 Å². The lowest BCUT2D eigenvalue weighted by molar-refractivity contribution is 0.00805. The largest absolute Gasteiger partial charge is 0.504 e. The molecule has 12 rings (SSSR count). The molecule has 71 heavy (non-hydrogen) atoms. The Bertz CT molecular complexity index is 2970. The van der Waals surface area contributed by atoms with Gasteiger partial charge < -0.3 is 57.2 Å². The number of ether oxygens (including phenoxy) is 11. The molecule has 4 atom stereocenters. The number of phenols is 1. The lowest BCUT2D eigenvalue weighted by Crippen LogP contribution is -2.36. The van der Waals surface area contributed by atoms with Gasteiger partial charge in [-0.1, -0.05) is 12.1 Å². The Morgan fingerprint density at radius 2 is 1.15 bits per heavy atom. The van der Waals surface area contributed by atoms with Crippen molar-refractivity contribution in [3.63, 3.8) is 0 Å². The Hall–Kier alpha value is -6.57. The first kappa shape index (κ1) is 48.1. The molecule has 0 spiro atoms. The molecule has 0 bridgehead atoms. The smallest absolute Gasteiger partial charge is 0.343 e. The highest BCUT2D eigenvalue weighted by Crippen LogP contribution is 2.57. The molecule has 4 aromatic carbocycles. The number of thiophene rings is 2. The normalized spacial score (nSPS) is 19.9.